The van der Waals surface area contributed by atoms with Crippen molar-refractivity contribution < 1.29 is 4.74 Å². The lowest BCUT2D eigenvalue weighted by Crippen LogP contribution is -1.97. The van der Waals surface area contributed by atoms with Gasteiger partial charge in [-0.05, 0) is 45.9 Å². The summed E-state index contributed by atoms with van der Waals surface area (Å²) in [5.41, 5.74) is 3.28. The third-order valence-electron chi connectivity index (χ3n) is 2.54. The van der Waals surface area contributed by atoms with E-state index in [1.807, 2.05) is 18.2 Å². The van der Waals surface area contributed by atoms with E-state index in [2.05, 4.69) is 34.3 Å². The summed E-state index contributed by atoms with van der Waals surface area (Å²) in [5, 5.41) is 1.89. The van der Waals surface area contributed by atoms with Crippen molar-refractivity contribution in [3.05, 3.63) is 50.1 Å². The van der Waals surface area contributed by atoms with Crippen LogP contribution in [0, 0.1) is 6.92 Å². The van der Waals surface area contributed by atoms with E-state index in [1.165, 1.54) is 5.56 Å². The Morgan fingerprint density at radius 1 is 1.35 bits per heavy atom. The molecule has 0 N–H and O–H groups in total. The van der Waals surface area contributed by atoms with Gasteiger partial charge in [0.05, 0.1) is 16.3 Å². The Labute approximate surface area is 119 Å². The highest BCUT2D eigenvalue weighted by Gasteiger charge is 2.17. The molecule has 1 nitrogen and oxygen atoms in total. The highest BCUT2D eigenvalue weighted by molar-refractivity contribution is 9.11. The van der Waals surface area contributed by atoms with Gasteiger partial charge in [-0.1, -0.05) is 17.7 Å². The maximum Gasteiger partial charge on any atom is 0.123 e. The molecule has 4 heteroatoms. The largest absolute Gasteiger partial charge is 0.496 e. The summed E-state index contributed by atoms with van der Waals surface area (Å²) in [6.45, 7) is 2.05. The van der Waals surface area contributed by atoms with Gasteiger partial charge in [-0.2, -0.15) is 0 Å². The van der Waals surface area contributed by atoms with Gasteiger partial charge in [0.25, 0.3) is 0 Å². The summed E-state index contributed by atoms with van der Waals surface area (Å²) in [4.78, 5) is 0. The van der Waals surface area contributed by atoms with E-state index in [9.17, 15) is 0 Å². The summed E-state index contributed by atoms with van der Waals surface area (Å²) >= 11 is 11.6. The van der Waals surface area contributed by atoms with Crippen molar-refractivity contribution in [3.8, 4) is 5.75 Å². The number of ether oxygens (including phenoxy) is 1. The SMILES string of the molecule is COc1ccc(C)cc1C(Cl)c1csc(Br)c1. The third kappa shape index (κ3) is 2.84. The lowest BCUT2D eigenvalue weighted by Gasteiger charge is -2.13. The van der Waals surface area contributed by atoms with Crippen LogP contribution >= 0.6 is 38.9 Å². The molecule has 0 aliphatic heterocycles. The van der Waals surface area contributed by atoms with Crippen molar-refractivity contribution in [1.29, 1.82) is 0 Å². The summed E-state index contributed by atoms with van der Waals surface area (Å²) in [7, 11) is 1.67. The Bertz CT molecular complexity index is 524. The fourth-order valence-corrected chi connectivity index (χ4v) is 3.26. The number of hydrogen-bond donors (Lipinski definition) is 0. The van der Waals surface area contributed by atoms with Gasteiger partial charge in [-0.3, -0.25) is 0 Å². The second-order valence-electron chi connectivity index (χ2n) is 3.79. The molecule has 0 aliphatic carbocycles. The molecule has 0 saturated heterocycles. The lowest BCUT2D eigenvalue weighted by atomic mass is 10.0. The quantitative estimate of drug-likeness (QED) is 0.706. The van der Waals surface area contributed by atoms with Crippen LogP contribution in [0.4, 0.5) is 0 Å². The van der Waals surface area contributed by atoms with Gasteiger partial charge in [0.1, 0.15) is 5.75 Å². The average Bonchev–Trinajstić information content (AvgIpc) is 2.75. The molecule has 0 radical (unpaired) electrons. The fraction of sp³-hybridized carbons (Fsp3) is 0.231. The zero-order chi connectivity index (χ0) is 12.4. The number of methoxy groups -OCH3 is 1. The summed E-state index contributed by atoms with van der Waals surface area (Å²) in [6.07, 6.45) is 0. The number of benzene rings is 1. The first kappa shape index (κ1) is 12.9. The molecule has 1 aromatic heterocycles. The number of alkyl halides is 1. The van der Waals surface area contributed by atoms with Crippen molar-refractivity contribution >= 4 is 38.9 Å². The van der Waals surface area contributed by atoms with Crippen LogP contribution < -0.4 is 4.74 Å². The van der Waals surface area contributed by atoms with Crippen molar-refractivity contribution in [2.45, 2.75) is 12.3 Å². The van der Waals surface area contributed by atoms with E-state index in [1.54, 1.807) is 18.4 Å². The zero-order valence-corrected chi connectivity index (χ0v) is 12.7. The van der Waals surface area contributed by atoms with Gasteiger partial charge >= 0.3 is 0 Å². The van der Waals surface area contributed by atoms with E-state index in [0.29, 0.717) is 0 Å². The fourth-order valence-electron chi connectivity index (χ4n) is 1.69. The third-order valence-corrected chi connectivity index (χ3v) is 4.55. The van der Waals surface area contributed by atoms with Gasteiger partial charge < -0.3 is 4.74 Å². The van der Waals surface area contributed by atoms with Crippen LogP contribution in [-0.4, -0.2) is 7.11 Å². The van der Waals surface area contributed by atoms with E-state index in [4.69, 9.17) is 16.3 Å². The first-order chi connectivity index (χ1) is 8.11. The second-order valence-corrected chi connectivity index (χ2v) is 6.52. The number of hydrogen-bond acceptors (Lipinski definition) is 2. The standard InChI is InChI=1S/C13H12BrClOS/c1-8-3-4-11(16-2)10(5-8)13(15)9-6-12(14)17-7-9/h3-7,13H,1-2H3. The number of halogens is 2. The van der Waals surface area contributed by atoms with Crippen molar-refractivity contribution in [2.75, 3.05) is 7.11 Å². The molecule has 0 fully saturated rings. The molecule has 0 saturated carbocycles. The summed E-state index contributed by atoms with van der Waals surface area (Å²) in [6, 6.07) is 8.10. The van der Waals surface area contributed by atoms with Gasteiger partial charge in [0, 0.05) is 5.56 Å². The molecule has 0 amide bonds. The summed E-state index contributed by atoms with van der Waals surface area (Å²) < 4.78 is 6.44. The maximum absolute atomic E-state index is 6.51. The summed E-state index contributed by atoms with van der Waals surface area (Å²) in [5.74, 6) is 0.831. The minimum absolute atomic E-state index is 0.174. The average molecular weight is 332 g/mol. The van der Waals surface area contributed by atoms with E-state index < -0.39 is 0 Å². The minimum atomic E-state index is -0.174. The lowest BCUT2D eigenvalue weighted by molar-refractivity contribution is 0.410. The van der Waals surface area contributed by atoms with Gasteiger partial charge in [-0.15, -0.1) is 22.9 Å². The highest BCUT2D eigenvalue weighted by atomic mass is 79.9. The molecule has 1 unspecified atom stereocenters. The molecular formula is C13H12BrClOS. The zero-order valence-electron chi connectivity index (χ0n) is 9.54. The smallest absolute Gasteiger partial charge is 0.123 e. The topological polar surface area (TPSA) is 9.23 Å². The molecule has 0 bridgehead atoms. The highest BCUT2D eigenvalue weighted by Crippen LogP contribution is 2.38. The first-order valence-electron chi connectivity index (χ1n) is 5.14. The molecule has 17 heavy (non-hydrogen) atoms. The van der Waals surface area contributed by atoms with Crippen LogP contribution in [0.2, 0.25) is 0 Å². The number of rotatable bonds is 3. The Balaban J connectivity index is 2.42. The maximum atomic E-state index is 6.51. The predicted molar refractivity (Wildman–Crippen MR) is 77.4 cm³/mol. The van der Waals surface area contributed by atoms with Crippen molar-refractivity contribution in [2.24, 2.45) is 0 Å². The molecule has 0 spiro atoms. The van der Waals surface area contributed by atoms with E-state index in [0.717, 1.165) is 20.7 Å². The molecule has 90 valence electrons. The van der Waals surface area contributed by atoms with Crippen LogP contribution in [-0.2, 0) is 0 Å². The van der Waals surface area contributed by atoms with Crippen LogP contribution in [0.3, 0.4) is 0 Å². The van der Waals surface area contributed by atoms with Gasteiger partial charge in [-0.25, -0.2) is 0 Å². The molecule has 1 aromatic carbocycles. The molecule has 0 aliphatic rings. The first-order valence-corrected chi connectivity index (χ1v) is 7.25. The Hall–Kier alpha value is -0.510. The van der Waals surface area contributed by atoms with E-state index >= 15 is 0 Å². The van der Waals surface area contributed by atoms with Crippen LogP contribution in [0.5, 0.6) is 5.75 Å². The number of aryl methyl sites for hydroxylation is 1. The number of thiophene rings is 1. The minimum Gasteiger partial charge on any atom is -0.496 e. The Morgan fingerprint density at radius 2 is 2.12 bits per heavy atom. The molecule has 2 rings (SSSR count). The molecular weight excluding hydrogens is 320 g/mol. The second kappa shape index (κ2) is 5.42. The van der Waals surface area contributed by atoms with E-state index in [-0.39, 0.29) is 5.38 Å². The van der Waals surface area contributed by atoms with Crippen molar-refractivity contribution in [3.63, 3.8) is 0 Å². The van der Waals surface area contributed by atoms with Crippen molar-refractivity contribution in [1.82, 2.24) is 0 Å². The predicted octanol–water partition coefficient (Wildman–Crippen LogP) is 5.16. The van der Waals surface area contributed by atoms with Gasteiger partial charge in [0.2, 0.25) is 0 Å². The molecule has 2 aromatic rings. The van der Waals surface area contributed by atoms with Crippen LogP contribution in [0.1, 0.15) is 22.1 Å². The Morgan fingerprint density at radius 3 is 2.71 bits per heavy atom. The molecule has 1 atom stereocenters. The normalized spacial score (nSPS) is 12.5. The van der Waals surface area contributed by atoms with Crippen LogP contribution in [0.15, 0.2) is 33.4 Å². The van der Waals surface area contributed by atoms with Gasteiger partial charge in [0.15, 0.2) is 0 Å². The Kier molecular flexibility index (Phi) is 4.13. The monoisotopic (exact) mass is 330 g/mol. The van der Waals surface area contributed by atoms with Crippen LogP contribution in [0.25, 0.3) is 0 Å². The molecule has 1 heterocycles.